The maximum absolute atomic E-state index is 12.5. The molecule has 6 heteroatoms. The Hall–Kier alpha value is -2.76. The van der Waals surface area contributed by atoms with Crippen LogP contribution >= 0.6 is 0 Å². The van der Waals surface area contributed by atoms with Crippen molar-refractivity contribution < 1.29 is 13.9 Å². The molecule has 1 aliphatic rings. The quantitative estimate of drug-likeness (QED) is 0.742. The number of fused-ring (bicyclic) bond motifs is 2. The smallest absolute Gasteiger partial charge is 0.231 e. The van der Waals surface area contributed by atoms with E-state index in [0.29, 0.717) is 6.54 Å². The highest BCUT2D eigenvalue weighted by Crippen LogP contribution is 2.35. The summed E-state index contributed by atoms with van der Waals surface area (Å²) in [5.41, 5.74) is 3.59. The van der Waals surface area contributed by atoms with Gasteiger partial charge in [-0.25, -0.2) is 9.37 Å². The van der Waals surface area contributed by atoms with Gasteiger partial charge >= 0.3 is 0 Å². The van der Waals surface area contributed by atoms with Crippen LogP contribution in [0.15, 0.2) is 42.7 Å². The maximum atomic E-state index is 12.5. The average Bonchev–Trinajstić information content (AvgIpc) is 3.19. The molecule has 0 aliphatic carbocycles. The molecule has 23 heavy (non-hydrogen) atoms. The maximum Gasteiger partial charge on any atom is 0.231 e. The summed E-state index contributed by atoms with van der Waals surface area (Å²) in [6.45, 7) is 0.249. The van der Waals surface area contributed by atoms with Crippen LogP contribution in [0.25, 0.3) is 16.9 Å². The van der Waals surface area contributed by atoms with Gasteiger partial charge in [0.1, 0.15) is 12.3 Å². The lowest BCUT2D eigenvalue weighted by molar-refractivity contribution is 0.174. The van der Waals surface area contributed by atoms with Crippen LogP contribution in [0, 0.1) is 0 Å². The lowest BCUT2D eigenvalue weighted by Crippen LogP contribution is -2.19. The zero-order valence-corrected chi connectivity index (χ0v) is 12.7. The van der Waals surface area contributed by atoms with E-state index in [1.54, 1.807) is 0 Å². The summed E-state index contributed by atoms with van der Waals surface area (Å²) in [7, 11) is 1.87. The molecule has 1 aromatic carbocycles. The number of aromatic nitrogens is 2. The van der Waals surface area contributed by atoms with Crippen LogP contribution in [0.5, 0.6) is 11.5 Å². The first kappa shape index (κ1) is 13.9. The van der Waals surface area contributed by atoms with E-state index in [-0.39, 0.29) is 13.5 Å². The van der Waals surface area contributed by atoms with Gasteiger partial charge in [0.05, 0.1) is 5.69 Å². The Morgan fingerprint density at radius 2 is 2.09 bits per heavy atom. The monoisotopic (exact) mass is 313 g/mol. The number of alkyl halides is 1. The zero-order chi connectivity index (χ0) is 15.8. The molecule has 0 fully saturated rings. The number of anilines is 1. The highest BCUT2D eigenvalue weighted by Gasteiger charge is 2.15. The van der Waals surface area contributed by atoms with E-state index in [9.17, 15) is 4.39 Å². The number of benzene rings is 1. The van der Waals surface area contributed by atoms with Crippen molar-refractivity contribution in [1.29, 1.82) is 0 Å². The second-order valence-electron chi connectivity index (χ2n) is 5.46. The van der Waals surface area contributed by atoms with Crippen LogP contribution in [-0.2, 0) is 0 Å². The van der Waals surface area contributed by atoms with E-state index < -0.39 is 0 Å². The molecule has 5 nitrogen and oxygen atoms in total. The SMILES string of the molecule is CN(CCF)c1ccn2cc(-c3ccc4c(c3)OCO4)nc2c1. The number of rotatable bonds is 4. The highest BCUT2D eigenvalue weighted by molar-refractivity contribution is 5.68. The van der Waals surface area contributed by atoms with Gasteiger partial charge in [-0.3, -0.25) is 0 Å². The predicted molar refractivity (Wildman–Crippen MR) is 86.0 cm³/mol. The lowest BCUT2D eigenvalue weighted by atomic mass is 10.1. The molecule has 0 bridgehead atoms. The number of imidazole rings is 1. The van der Waals surface area contributed by atoms with Gasteiger partial charge in [0, 0.05) is 43.3 Å². The number of halogens is 1. The highest BCUT2D eigenvalue weighted by atomic mass is 19.1. The third-order valence-corrected chi connectivity index (χ3v) is 3.97. The second kappa shape index (κ2) is 5.46. The third kappa shape index (κ3) is 2.46. The summed E-state index contributed by atoms with van der Waals surface area (Å²) in [5, 5.41) is 0. The van der Waals surface area contributed by atoms with Crippen LogP contribution in [0.2, 0.25) is 0 Å². The molecule has 3 heterocycles. The topological polar surface area (TPSA) is 39.0 Å². The van der Waals surface area contributed by atoms with Gasteiger partial charge in [0.2, 0.25) is 6.79 Å². The molecule has 3 aromatic rings. The van der Waals surface area contributed by atoms with Crippen LogP contribution in [0.3, 0.4) is 0 Å². The van der Waals surface area contributed by atoms with Gasteiger partial charge in [-0.15, -0.1) is 0 Å². The van der Waals surface area contributed by atoms with Crippen molar-refractivity contribution in [3.8, 4) is 22.8 Å². The molecule has 0 atom stereocenters. The van der Waals surface area contributed by atoms with Crippen molar-refractivity contribution in [3.05, 3.63) is 42.7 Å². The Labute approximate surface area is 132 Å². The van der Waals surface area contributed by atoms with Crippen molar-refractivity contribution in [1.82, 2.24) is 9.38 Å². The first-order chi connectivity index (χ1) is 11.2. The summed E-state index contributed by atoms with van der Waals surface area (Å²) in [6, 6.07) is 9.69. The Kier molecular flexibility index (Phi) is 3.29. The molecule has 0 radical (unpaired) electrons. The van der Waals surface area contributed by atoms with Crippen molar-refractivity contribution >= 4 is 11.3 Å². The van der Waals surface area contributed by atoms with Crippen LogP contribution in [0.1, 0.15) is 0 Å². The van der Waals surface area contributed by atoms with E-state index in [4.69, 9.17) is 9.47 Å². The molecule has 0 N–H and O–H groups in total. The number of ether oxygens (including phenoxy) is 2. The fourth-order valence-corrected chi connectivity index (χ4v) is 2.66. The average molecular weight is 313 g/mol. The molecular weight excluding hydrogens is 297 g/mol. The predicted octanol–water partition coefficient (Wildman–Crippen LogP) is 3.14. The molecule has 0 spiro atoms. The molecule has 4 rings (SSSR count). The molecular formula is C17H16FN3O2. The van der Waals surface area contributed by atoms with Gasteiger partial charge in [-0.2, -0.15) is 0 Å². The first-order valence-corrected chi connectivity index (χ1v) is 7.40. The molecule has 0 saturated heterocycles. The minimum absolute atomic E-state index is 0.258. The largest absolute Gasteiger partial charge is 0.454 e. The van der Waals surface area contributed by atoms with E-state index in [1.165, 1.54) is 0 Å². The van der Waals surface area contributed by atoms with Crippen LogP contribution < -0.4 is 14.4 Å². The van der Waals surface area contributed by atoms with E-state index in [2.05, 4.69) is 4.98 Å². The Morgan fingerprint density at radius 3 is 2.96 bits per heavy atom. The Morgan fingerprint density at radius 1 is 1.22 bits per heavy atom. The fourth-order valence-electron chi connectivity index (χ4n) is 2.66. The molecule has 118 valence electrons. The lowest BCUT2D eigenvalue weighted by Gasteiger charge is -2.17. The van der Waals surface area contributed by atoms with Crippen LogP contribution in [0.4, 0.5) is 10.1 Å². The minimum atomic E-state index is -0.376. The number of hydrogen-bond acceptors (Lipinski definition) is 4. The molecule has 1 aliphatic heterocycles. The number of pyridine rings is 1. The molecule has 2 aromatic heterocycles. The summed E-state index contributed by atoms with van der Waals surface area (Å²) in [6.07, 6.45) is 3.90. The van der Waals surface area contributed by atoms with Gasteiger partial charge in [-0.1, -0.05) is 0 Å². The number of nitrogens with zero attached hydrogens (tertiary/aromatic N) is 3. The Balaban J connectivity index is 1.71. The molecule has 0 unspecified atom stereocenters. The summed E-state index contributed by atoms with van der Waals surface area (Å²) in [5.74, 6) is 1.50. The summed E-state index contributed by atoms with van der Waals surface area (Å²) in [4.78, 5) is 6.53. The van der Waals surface area contributed by atoms with E-state index in [1.807, 2.05) is 59.1 Å². The van der Waals surface area contributed by atoms with Crippen LogP contribution in [-0.4, -0.2) is 36.4 Å². The van der Waals surface area contributed by atoms with Crippen molar-refractivity contribution in [2.24, 2.45) is 0 Å². The van der Waals surface area contributed by atoms with Crippen molar-refractivity contribution in [3.63, 3.8) is 0 Å². The summed E-state index contributed by atoms with van der Waals surface area (Å²) >= 11 is 0. The van der Waals surface area contributed by atoms with E-state index in [0.717, 1.165) is 34.1 Å². The summed E-state index contributed by atoms with van der Waals surface area (Å²) < 4.78 is 25.2. The van der Waals surface area contributed by atoms with Crippen molar-refractivity contribution in [2.75, 3.05) is 32.0 Å². The number of hydrogen-bond donors (Lipinski definition) is 0. The van der Waals surface area contributed by atoms with Crippen molar-refractivity contribution in [2.45, 2.75) is 0 Å². The Bertz CT molecular complexity index is 862. The van der Waals surface area contributed by atoms with Gasteiger partial charge < -0.3 is 18.8 Å². The third-order valence-electron chi connectivity index (χ3n) is 3.97. The molecule has 0 saturated carbocycles. The second-order valence-corrected chi connectivity index (χ2v) is 5.46. The standard InChI is InChI=1S/C17H16FN3O2/c1-20(7-5-18)13-4-6-21-10-14(19-17(21)9-13)12-2-3-15-16(8-12)23-11-22-15/h2-4,6,8-10H,5,7,11H2,1H3. The minimum Gasteiger partial charge on any atom is -0.454 e. The fraction of sp³-hybridized carbons (Fsp3) is 0.235. The zero-order valence-electron chi connectivity index (χ0n) is 12.7. The van der Waals surface area contributed by atoms with E-state index >= 15 is 0 Å². The first-order valence-electron chi connectivity index (χ1n) is 7.40. The normalized spacial score (nSPS) is 12.8. The van der Waals surface area contributed by atoms with Gasteiger partial charge in [0.25, 0.3) is 0 Å². The van der Waals surface area contributed by atoms with Gasteiger partial charge in [-0.05, 0) is 24.3 Å². The molecule has 0 amide bonds. The van der Waals surface area contributed by atoms with Gasteiger partial charge in [0.15, 0.2) is 11.5 Å².